The molecular weight excluding hydrogens is 486 g/mol. The summed E-state index contributed by atoms with van der Waals surface area (Å²) in [5, 5.41) is 25.3. The normalized spacial score (nSPS) is 11.6. The summed E-state index contributed by atoms with van der Waals surface area (Å²) in [6.07, 6.45) is 1.08. The molecule has 0 saturated heterocycles. The number of carbonyl (C=O) groups excluding carboxylic acids is 1. The number of nitrogens with zero attached hydrogens (tertiary/aromatic N) is 1. The molecule has 0 fully saturated rings. The monoisotopic (exact) mass is 513 g/mol. The lowest BCUT2D eigenvalue weighted by Gasteiger charge is -2.20. The highest BCUT2D eigenvalue weighted by molar-refractivity contribution is 6.31. The van der Waals surface area contributed by atoms with Crippen LogP contribution < -0.4 is 20.9 Å². The Labute approximate surface area is 213 Å². The molecule has 4 N–H and O–H groups in total. The van der Waals surface area contributed by atoms with Crippen LogP contribution in [-0.2, 0) is 11.3 Å². The highest BCUT2D eigenvalue weighted by Gasteiger charge is 2.22. The lowest BCUT2D eigenvalue weighted by Crippen LogP contribution is -2.36. The number of carbonyl (C=O) groups is 2. The number of rotatable bonds is 8. The Morgan fingerprint density at radius 2 is 1.83 bits per heavy atom. The van der Waals surface area contributed by atoms with Crippen LogP contribution >= 0.6 is 11.6 Å². The van der Waals surface area contributed by atoms with Crippen molar-refractivity contribution in [1.82, 2.24) is 9.88 Å². The van der Waals surface area contributed by atoms with E-state index in [1.807, 2.05) is 19.9 Å². The van der Waals surface area contributed by atoms with Crippen molar-refractivity contribution in [2.75, 3.05) is 12.4 Å². The summed E-state index contributed by atoms with van der Waals surface area (Å²) in [6, 6.07) is 8.79. The molecule has 1 heterocycles. The van der Waals surface area contributed by atoms with E-state index in [0.29, 0.717) is 27.5 Å². The summed E-state index contributed by atoms with van der Waals surface area (Å²) in [5.74, 6) is -1.01. The molecule has 0 saturated carbocycles. The summed E-state index contributed by atoms with van der Waals surface area (Å²) in [5.41, 5.74) is 2.46. The number of methoxy groups -OCH3 is 1. The Morgan fingerprint density at radius 1 is 1.11 bits per heavy atom. The quantitative estimate of drug-likeness (QED) is 0.350. The van der Waals surface area contributed by atoms with E-state index in [1.54, 1.807) is 37.3 Å². The first-order valence-electron chi connectivity index (χ1n) is 11.1. The van der Waals surface area contributed by atoms with Crippen molar-refractivity contribution < 1.29 is 24.5 Å². The van der Waals surface area contributed by atoms with Crippen molar-refractivity contribution in [3.8, 4) is 11.5 Å². The first-order chi connectivity index (χ1) is 17.0. The number of pyridine rings is 1. The van der Waals surface area contributed by atoms with Gasteiger partial charge in [-0.25, -0.2) is 4.79 Å². The number of carboxylic acid groups (broad SMARTS) is 1. The van der Waals surface area contributed by atoms with Gasteiger partial charge in [0.2, 0.25) is 0 Å². The maximum absolute atomic E-state index is 13.2. The maximum atomic E-state index is 13.2. The number of anilines is 1. The van der Waals surface area contributed by atoms with Crippen LogP contribution in [0.25, 0.3) is 0 Å². The number of aliphatic carboxylic acids is 1. The highest BCUT2D eigenvalue weighted by atomic mass is 35.5. The van der Waals surface area contributed by atoms with Crippen molar-refractivity contribution in [2.45, 2.75) is 39.8 Å². The van der Waals surface area contributed by atoms with Gasteiger partial charge in [0.1, 0.15) is 11.5 Å². The third kappa shape index (κ3) is 5.98. The summed E-state index contributed by atoms with van der Waals surface area (Å²) in [4.78, 5) is 37.5. The fraction of sp³-hybridized carbons (Fsp3) is 0.269. The zero-order valence-corrected chi connectivity index (χ0v) is 21.1. The van der Waals surface area contributed by atoms with Gasteiger partial charge in [-0.2, -0.15) is 0 Å². The summed E-state index contributed by atoms with van der Waals surface area (Å²) >= 11 is 6.31. The Morgan fingerprint density at radius 3 is 2.47 bits per heavy atom. The Kier molecular flexibility index (Phi) is 8.26. The van der Waals surface area contributed by atoms with E-state index in [-0.39, 0.29) is 18.7 Å². The van der Waals surface area contributed by atoms with E-state index in [9.17, 15) is 24.6 Å². The van der Waals surface area contributed by atoms with Crippen LogP contribution in [0.4, 0.5) is 10.5 Å². The number of amides is 2. The first-order valence-corrected chi connectivity index (χ1v) is 11.5. The predicted octanol–water partition coefficient (Wildman–Crippen LogP) is 4.53. The number of ether oxygens (including phenoxy) is 1. The second-order valence-electron chi connectivity index (χ2n) is 8.48. The zero-order valence-electron chi connectivity index (χ0n) is 20.4. The lowest BCUT2D eigenvalue weighted by molar-refractivity contribution is -0.137. The van der Waals surface area contributed by atoms with Gasteiger partial charge in [-0.05, 0) is 49.6 Å². The van der Waals surface area contributed by atoms with Crippen LogP contribution in [0.5, 0.6) is 11.5 Å². The molecule has 9 nitrogen and oxygen atoms in total. The third-order valence-electron chi connectivity index (χ3n) is 5.91. The number of benzene rings is 2. The number of aryl methyl sites for hydroxylation is 3. The fourth-order valence-corrected chi connectivity index (χ4v) is 4.02. The number of aromatic nitrogens is 1. The average Bonchev–Trinajstić information content (AvgIpc) is 2.82. The molecule has 36 heavy (non-hydrogen) atoms. The van der Waals surface area contributed by atoms with E-state index in [4.69, 9.17) is 16.3 Å². The maximum Gasteiger partial charge on any atom is 0.319 e. The first kappa shape index (κ1) is 26.6. The van der Waals surface area contributed by atoms with Gasteiger partial charge in [-0.1, -0.05) is 35.9 Å². The topological polar surface area (TPSA) is 130 Å². The molecule has 2 amide bonds. The Bertz CT molecular complexity index is 1370. The molecule has 1 aromatic heterocycles. The number of halogens is 1. The minimum absolute atomic E-state index is 0.0311. The summed E-state index contributed by atoms with van der Waals surface area (Å²) in [7, 11) is 1.49. The van der Waals surface area contributed by atoms with Gasteiger partial charge >= 0.3 is 12.0 Å². The van der Waals surface area contributed by atoms with Crippen molar-refractivity contribution in [2.24, 2.45) is 0 Å². The number of nitrogens with one attached hydrogen (secondary N) is 2. The van der Waals surface area contributed by atoms with Gasteiger partial charge in [0.15, 0.2) is 5.69 Å². The molecule has 2 aromatic carbocycles. The fourth-order valence-electron chi connectivity index (χ4n) is 3.80. The second-order valence-corrected chi connectivity index (χ2v) is 8.89. The molecule has 3 aromatic rings. The van der Waals surface area contributed by atoms with E-state index in [1.165, 1.54) is 17.9 Å². The predicted molar refractivity (Wildman–Crippen MR) is 137 cm³/mol. The number of carboxylic acids is 1. The van der Waals surface area contributed by atoms with E-state index in [0.717, 1.165) is 11.1 Å². The van der Waals surface area contributed by atoms with Gasteiger partial charge in [0.25, 0.3) is 5.56 Å². The lowest BCUT2D eigenvalue weighted by atomic mass is 9.99. The van der Waals surface area contributed by atoms with E-state index in [2.05, 4.69) is 10.6 Å². The van der Waals surface area contributed by atoms with Crippen LogP contribution in [0.1, 0.15) is 40.3 Å². The molecule has 0 aliphatic carbocycles. The van der Waals surface area contributed by atoms with Crippen molar-refractivity contribution in [1.29, 1.82) is 0 Å². The van der Waals surface area contributed by atoms with Gasteiger partial charge < -0.3 is 30.2 Å². The minimum Gasteiger partial charge on any atom is -0.505 e. The minimum atomic E-state index is -1.10. The van der Waals surface area contributed by atoms with E-state index < -0.39 is 29.4 Å². The SMILES string of the molecule is COc1cccc(Cl)c1Cn1cc(C)c(O)c(NC(=O)N[C@@H](CC(=O)O)c2ccc(C)c(C)c2)c1=O. The van der Waals surface area contributed by atoms with Gasteiger partial charge in [0, 0.05) is 22.3 Å². The van der Waals surface area contributed by atoms with Crippen LogP contribution in [0.15, 0.2) is 47.4 Å². The standard InChI is InChI=1S/C26H28ClN3O6/c1-14-8-9-17(10-15(14)2)20(11-22(31)32)28-26(35)29-23-24(33)16(3)12-30(25(23)34)13-18-19(27)6-5-7-21(18)36-4/h5-10,12,20,33H,11,13H2,1-4H3,(H,31,32)(H2,28,29,35)/t20-/m0/s1. The van der Waals surface area contributed by atoms with Gasteiger partial charge in [-0.15, -0.1) is 0 Å². The molecule has 3 rings (SSSR count). The molecule has 0 spiro atoms. The van der Waals surface area contributed by atoms with E-state index >= 15 is 0 Å². The summed E-state index contributed by atoms with van der Waals surface area (Å²) in [6.45, 7) is 5.43. The second kappa shape index (κ2) is 11.2. The number of aromatic hydroxyl groups is 1. The molecule has 0 unspecified atom stereocenters. The Hall–Kier alpha value is -3.98. The molecule has 0 aliphatic heterocycles. The number of hydrogen-bond donors (Lipinski definition) is 4. The largest absolute Gasteiger partial charge is 0.505 e. The smallest absolute Gasteiger partial charge is 0.319 e. The molecule has 0 aliphatic rings. The molecule has 190 valence electrons. The van der Waals surface area contributed by atoms with Crippen LogP contribution in [-0.4, -0.2) is 33.9 Å². The van der Waals surface area contributed by atoms with Crippen molar-refractivity contribution in [3.63, 3.8) is 0 Å². The van der Waals surface area contributed by atoms with Crippen LogP contribution in [0, 0.1) is 20.8 Å². The highest BCUT2D eigenvalue weighted by Crippen LogP contribution is 2.29. The van der Waals surface area contributed by atoms with Crippen LogP contribution in [0.2, 0.25) is 5.02 Å². The Balaban J connectivity index is 1.91. The van der Waals surface area contributed by atoms with Gasteiger partial charge in [-0.3, -0.25) is 9.59 Å². The van der Waals surface area contributed by atoms with Crippen molar-refractivity contribution >= 4 is 29.3 Å². The van der Waals surface area contributed by atoms with Gasteiger partial charge in [0.05, 0.1) is 26.1 Å². The molecule has 0 radical (unpaired) electrons. The van der Waals surface area contributed by atoms with Crippen molar-refractivity contribution in [3.05, 3.63) is 85.8 Å². The zero-order chi connectivity index (χ0) is 26.6. The average molecular weight is 514 g/mol. The number of urea groups is 1. The van der Waals surface area contributed by atoms with Crippen LogP contribution in [0.3, 0.4) is 0 Å². The molecule has 0 bridgehead atoms. The molecule has 1 atom stereocenters. The molecule has 10 heteroatoms. The third-order valence-corrected chi connectivity index (χ3v) is 6.27. The summed E-state index contributed by atoms with van der Waals surface area (Å²) < 4.78 is 6.64. The molecular formula is C26H28ClN3O6. The number of hydrogen-bond acceptors (Lipinski definition) is 5.